The van der Waals surface area contributed by atoms with E-state index in [0.29, 0.717) is 10.6 Å². The molecule has 0 amide bonds. The van der Waals surface area contributed by atoms with Gasteiger partial charge in [-0.25, -0.2) is 0 Å². The van der Waals surface area contributed by atoms with E-state index in [-0.39, 0.29) is 12.2 Å². The highest BCUT2D eigenvalue weighted by atomic mass is 35.5. The lowest BCUT2D eigenvalue weighted by Gasteiger charge is -2.35. The third-order valence-corrected chi connectivity index (χ3v) is 3.42. The summed E-state index contributed by atoms with van der Waals surface area (Å²) in [6.45, 7) is 6.82. The molecule has 2 atom stereocenters. The molecule has 0 unspecified atom stereocenters. The van der Waals surface area contributed by atoms with E-state index in [1.807, 2.05) is 12.1 Å². The summed E-state index contributed by atoms with van der Waals surface area (Å²) in [5, 5.41) is 9.48. The van der Waals surface area contributed by atoms with Crippen molar-refractivity contribution in [1.29, 1.82) is 5.26 Å². The monoisotopic (exact) mass is 264 g/mol. The van der Waals surface area contributed by atoms with Gasteiger partial charge in [-0.1, -0.05) is 17.7 Å². The number of benzene rings is 1. The number of rotatable bonds is 2. The van der Waals surface area contributed by atoms with Crippen LogP contribution in [0.15, 0.2) is 18.2 Å². The van der Waals surface area contributed by atoms with Crippen molar-refractivity contribution >= 4 is 11.6 Å². The van der Waals surface area contributed by atoms with Crippen molar-refractivity contribution in [2.75, 3.05) is 13.1 Å². The van der Waals surface area contributed by atoms with Gasteiger partial charge in [-0.05, 0) is 31.5 Å². The highest BCUT2D eigenvalue weighted by Crippen LogP contribution is 2.21. The lowest BCUT2D eigenvalue weighted by Crippen LogP contribution is -2.44. The van der Waals surface area contributed by atoms with Gasteiger partial charge in [0.2, 0.25) is 0 Å². The number of nitrogens with zero attached hydrogens (tertiary/aromatic N) is 2. The van der Waals surface area contributed by atoms with Gasteiger partial charge in [0.15, 0.2) is 0 Å². The smallest absolute Gasteiger partial charge is 0.0992 e. The number of nitriles is 1. The molecule has 1 aromatic rings. The summed E-state index contributed by atoms with van der Waals surface area (Å²) in [7, 11) is 0. The zero-order valence-corrected chi connectivity index (χ0v) is 11.4. The summed E-state index contributed by atoms with van der Waals surface area (Å²) in [6.07, 6.45) is 0.511. The Morgan fingerprint density at radius 3 is 2.61 bits per heavy atom. The SMILES string of the molecule is C[C@H]1CN(Cc2ccc(C#N)cc2Cl)C[C@H](C)O1. The van der Waals surface area contributed by atoms with Crippen molar-refractivity contribution < 1.29 is 4.74 Å². The summed E-state index contributed by atoms with van der Waals surface area (Å²) >= 11 is 6.19. The summed E-state index contributed by atoms with van der Waals surface area (Å²) in [6, 6.07) is 7.57. The average molecular weight is 265 g/mol. The predicted octanol–water partition coefficient (Wildman–Crippen LogP) is 2.82. The Morgan fingerprint density at radius 2 is 2.06 bits per heavy atom. The van der Waals surface area contributed by atoms with E-state index in [2.05, 4.69) is 24.8 Å². The number of morpholine rings is 1. The van der Waals surface area contributed by atoms with Crippen LogP contribution in [-0.2, 0) is 11.3 Å². The maximum atomic E-state index is 8.81. The van der Waals surface area contributed by atoms with E-state index in [0.717, 1.165) is 25.2 Å². The first kappa shape index (κ1) is 13.4. The van der Waals surface area contributed by atoms with Gasteiger partial charge in [-0.15, -0.1) is 0 Å². The first-order chi connectivity index (χ1) is 8.58. The molecule has 1 fully saturated rings. The molecule has 1 aliphatic rings. The predicted molar refractivity (Wildman–Crippen MR) is 71.5 cm³/mol. The fourth-order valence-corrected chi connectivity index (χ4v) is 2.64. The molecule has 0 N–H and O–H groups in total. The van der Waals surface area contributed by atoms with Gasteiger partial charge in [0.1, 0.15) is 0 Å². The molecule has 0 saturated carbocycles. The minimum atomic E-state index is 0.255. The molecule has 0 aliphatic carbocycles. The third-order valence-electron chi connectivity index (χ3n) is 3.07. The van der Waals surface area contributed by atoms with Gasteiger partial charge in [0.05, 0.1) is 23.8 Å². The van der Waals surface area contributed by atoms with Gasteiger partial charge >= 0.3 is 0 Å². The molecule has 0 radical (unpaired) electrons. The Bertz CT molecular complexity index is 459. The highest BCUT2D eigenvalue weighted by Gasteiger charge is 2.22. The van der Waals surface area contributed by atoms with E-state index in [1.54, 1.807) is 6.07 Å². The Morgan fingerprint density at radius 1 is 1.39 bits per heavy atom. The fraction of sp³-hybridized carbons (Fsp3) is 0.500. The Balaban J connectivity index is 2.07. The van der Waals surface area contributed by atoms with Crippen LogP contribution in [0.4, 0.5) is 0 Å². The third kappa shape index (κ3) is 3.23. The molecule has 18 heavy (non-hydrogen) atoms. The molecule has 96 valence electrons. The molecule has 1 saturated heterocycles. The van der Waals surface area contributed by atoms with E-state index in [1.165, 1.54) is 0 Å². The minimum Gasteiger partial charge on any atom is -0.373 e. The molecule has 0 bridgehead atoms. The van der Waals surface area contributed by atoms with Gasteiger partial charge in [0, 0.05) is 24.7 Å². The molecule has 0 spiro atoms. The van der Waals surface area contributed by atoms with Crippen LogP contribution in [0.5, 0.6) is 0 Å². The maximum absolute atomic E-state index is 8.81. The number of hydrogen-bond acceptors (Lipinski definition) is 3. The molecule has 4 heteroatoms. The normalized spacial score (nSPS) is 24.8. The van der Waals surface area contributed by atoms with Gasteiger partial charge < -0.3 is 4.74 Å². The Kier molecular flexibility index (Phi) is 4.23. The Labute approximate surface area is 113 Å². The molecule has 2 rings (SSSR count). The van der Waals surface area contributed by atoms with Crippen molar-refractivity contribution in [1.82, 2.24) is 4.90 Å². The molecule has 1 aliphatic heterocycles. The number of halogens is 1. The molecule has 3 nitrogen and oxygen atoms in total. The summed E-state index contributed by atoms with van der Waals surface area (Å²) in [5.74, 6) is 0. The first-order valence-electron chi connectivity index (χ1n) is 6.15. The van der Waals surface area contributed by atoms with Crippen molar-refractivity contribution in [3.05, 3.63) is 34.3 Å². The standard InChI is InChI=1S/C14H17ClN2O/c1-10-7-17(8-11(2)18-10)9-13-4-3-12(6-16)5-14(13)15/h3-5,10-11H,7-9H2,1-2H3/t10-,11-/m0/s1. The van der Waals surface area contributed by atoms with Crippen LogP contribution < -0.4 is 0 Å². The molecular weight excluding hydrogens is 248 g/mol. The maximum Gasteiger partial charge on any atom is 0.0992 e. The largest absolute Gasteiger partial charge is 0.373 e. The van der Waals surface area contributed by atoms with Crippen LogP contribution in [0.2, 0.25) is 5.02 Å². The van der Waals surface area contributed by atoms with Gasteiger partial charge in [-0.3, -0.25) is 4.90 Å². The van der Waals surface area contributed by atoms with Crippen molar-refractivity contribution in [2.24, 2.45) is 0 Å². The fourth-order valence-electron chi connectivity index (χ4n) is 2.40. The summed E-state index contributed by atoms with van der Waals surface area (Å²) in [5.41, 5.74) is 1.67. The lowest BCUT2D eigenvalue weighted by molar-refractivity contribution is -0.0704. The average Bonchev–Trinajstić information content (AvgIpc) is 2.30. The van der Waals surface area contributed by atoms with E-state index in [4.69, 9.17) is 21.6 Å². The molecule has 1 aromatic carbocycles. The van der Waals surface area contributed by atoms with E-state index < -0.39 is 0 Å². The minimum absolute atomic E-state index is 0.255. The zero-order chi connectivity index (χ0) is 13.1. The van der Waals surface area contributed by atoms with Crippen molar-refractivity contribution in [2.45, 2.75) is 32.6 Å². The van der Waals surface area contributed by atoms with Crippen LogP contribution in [0.3, 0.4) is 0 Å². The van der Waals surface area contributed by atoms with Gasteiger partial charge in [0.25, 0.3) is 0 Å². The second-order valence-corrected chi connectivity index (χ2v) is 5.28. The highest BCUT2D eigenvalue weighted by molar-refractivity contribution is 6.31. The lowest BCUT2D eigenvalue weighted by atomic mass is 10.1. The zero-order valence-electron chi connectivity index (χ0n) is 10.7. The molecule has 0 aromatic heterocycles. The quantitative estimate of drug-likeness (QED) is 0.824. The summed E-state index contributed by atoms with van der Waals surface area (Å²) < 4.78 is 5.70. The first-order valence-corrected chi connectivity index (χ1v) is 6.52. The van der Waals surface area contributed by atoms with Crippen LogP contribution in [0.25, 0.3) is 0 Å². The topological polar surface area (TPSA) is 36.3 Å². The molecule has 1 heterocycles. The van der Waals surface area contributed by atoms with Crippen LogP contribution >= 0.6 is 11.6 Å². The molecular formula is C14H17ClN2O. The van der Waals surface area contributed by atoms with Crippen molar-refractivity contribution in [3.8, 4) is 6.07 Å². The van der Waals surface area contributed by atoms with Gasteiger partial charge in [-0.2, -0.15) is 5.26 Å². The van der Waals surface area contributed by atoms with E-state index in [9.17, 15) is 0 Å². The Hall–Kier alpha value is -1.08. The second-order valence-electron chi connectivity index (χ2n) is 4.87. The number of ether oxygens (including phenoxy) is 1. The summed E-state index contributed by atoms with van der Waals surface area (Å²) in [4.78, 5) is 2.34. The van der Waals surface area contributed by atoms with Crippen LogP contribution in [0, 0.1) is 11.3 Å². The van der Waals surface area contributed by atoms with Crippen molar-refractivity contribution in [3.63, 3.8) is 0 Å². The van der Waals surface area contributed by atoms with Crippen LogP contribution in [0.1, 0.15) is 25.0 Å². The second kappa shape index (κ2) is 5.71. The number of hydrogen-bond donors (Lipinski definition) is 0. The van der Waals surface area contributed by atoms with Crippen LogP contribution in [-0.4, -0.2) is 30.2 Å². The van der Waals surface area contributed by atoms with E-state index >= 15 is 0 Å².